The minimum absolute atomic E-state index is 0.0474. The zero-order valence-electron chi connectivity index (χ0n) is 15.5. The fourth-order valence-electron chi connectivity index (χ4n) is 2.35. The van der Waals surface area contributed by atoms with Crippen LogP contribution in [0.25, 0.3) is 6.08 Å². The summed E-state index contributed by atoms with van der Waals surface area (Å²) in [5, 5.41) is 13.9. The van der Waals surface area contributed by atoms with Gasteiger partial charge in [-0.2, -0.15) is 0 Å². The Bertz CT molecular complexity index is 845. The summed E-state index contributed by atoms with van der Waals surface area (Å²) in [6, 6.07) is 15.5. The van der Waals surface area contributed by atoms with Crippen LogP contribution in [0.5, 0.6) is 5.75 Å². The van der Waals surface area contributed by atoms with Crippen LogP contribution in [0.1, 0.15) is 28.8 Å². The van der Waals surface area contributed by atoms with Crippen molar-refractivity contribution in [1.29, 1.82) is 0 Å². The molecule has 0 saturated carbocycles. The molecule has 0 aliphatic carbocycles. The molecular formula is C21H22N2O5. The number of rotatable bonds is 9. The van der Waals surface area contributed by atoms with Crippen LogP contribution in [-0.4, -0.2) is 36.5 Å². The number of carbonyl (C=O) groups excluding carboxylic acids is 2. The second-order valence-corrected chi connectivity index (χ2v) is 5.90. The second kappa shape index (κ2) is 10.5. The first-order valence-electron chi connectivity index (χ1n) is 8.71. The fourth-order valence-corrected chi connectivity index (χ4v) is 2.35. The van der Waals surface area contributed by atoms with E-state index in [1.165, 1.54) is 0 Å². The summed E-state index contributed by atoms with van der Waals surface area (Å²) in [6.07, 6.45) is 1.80. The van der Waals surface area contributed by atoms with Gasteiger partial charge in [0.05, 0.1) is 7.11 Å². The third-order valence-corrected chi connectivity index (χ3v) is 3.81. The average Bonchev–Trinajstić information content (AvgIpc) is 2.71. The predicted octanol–water partition coefficient (Wildman–Crippen LogP) is 2.45. The summed E-state index contributed by atoms with van der Waals surface area (Å²) in [5.41, 5.74) is 1.18. The van der Waals surface area contributed by atoms with Gasteiger partial charge in [-0.05, 0) is 42.3 Å². The van der Waals surface area contributed by atoms with E-state index in [0.717, 1.165) is 0 Å². The molecule has 0 fully saturated rings. The van der Waals surface area contributed by atoms with E-state index in [-0.39, 0.29) is 18.7 Å². The molecule has 0 spiro atoms. The number of aliphatic carboxylic acids is 1. The number of nitrogens with one attached hydrogen (secondary N) is 2. The Morgan fingerprint density at radius 3 is 2.32 bits per heavy atom. The number of carboxylic acids is 1. The summed E-state index contributed by atoms with van der Waals surface area (Å²) in [5.74, 6) is -1.17. The molecule has 0 heterocycles. The molecule has 0 saturated heterocycles. The number of ether oxygens (including phenoxy) is 1. The van der Waals surface area contributed by atoms with Crippen LogP contribution >= 0.6 is 0 Å². The van der Waals surface area contributed by atoms with Crippen molar-refractivity contribution in [2.45, 2.75) is 12.8 Å². The van der Waals surface area contributed by atoms with E-state index in [1.54, 1.807) is 67.8 Å². The van der Waals surface area contributed by atoms with E-state index in [1.807, 2.05) is 0 Å². The van der Waals surface area contributed by atoms with Crippen LogP contribution in [-0.2, 0) is 9.59 Å². The van der Waals surface area contributed by atoms with E-state index >= 15 is 0 Å². The number of hydrogen-bond donors (Lipinski definition) is 3. The van der Waals surface area contributed by atoms with Gasteiger partial charge in [0.1, 0.15) is 11.4 Å². The van der Waals surface area contributed by atoms with Gasteiger partial charge in [-0.25, -0.2) is 0 Å². The SMILES string of the molecule is COc1ccc(/C=C(\NC(=O)c2ccccc2)C(=O)NCCCC(=O)O)cc1. The van der Waals surface area contributed by atoms with Gasteiger partial charge in [-0.3, -0.25) is 14.4 Å². The van der Waals surface area contributed by atoms with Gasteiger partial charge in [0.25, 0.3) is 11.8 Å². The molecule has 28 heavy (non-hydrogen) atoms. The van der Waals surface area contributed by atoms with Gasteiger partial charge in [0.2, 0.25) is 0 Å². The van der Waals surface area contributed by atoms with E-state index < -0.39 is 17.8 Å². The van der Waals surface area contributed by atoms with Gasteiger partial charge in [0, 0.05) is 18.5 Å². The van der Waals surface area contributed by atoms with Crippen molar-refractivity contribution in [2.75, 3.05) is 13.7 Å². The lowest BCUT2D eigenvalue weighted by atomic mass is 10.1. The van der Waals surface area contributed by atoms with E-state index in [2.05, 4.69) is 10.6 Å². The number of carbonyl (C=O) groups is 3. The van der Waals surface area contributed by atoms with Gasteiger partial charge in [0.15, 0.2) is 0 Å². The molecule has 0 unspecified atom stereocenters. The zero-order valence-corrected chi connectivity index (χ0v) is 15.5. The molecule has 7 heteroatoms. The molecular weight excluding hydrogens is 360 g/mol. The highest BCUT2D eigenvalue weighted by atomic mass is 16.5. The van der Waals surface area contributed by atoms with Crippen molar-refractivity contribution in [3.8, 4) is 5.75 Å². The zero-order chi connectivity index (χ0) is 20.4. The Kier molecular flexibility index (Phi) is 7.77. The average molecular weight is 382 g/mol. The molecule has 0 atom stereocenters. The molecule has 2 rings (SSSR count). The van der Waals surface area contributed by atoms with Crippen LogP contribution in [0.4, 0.5) is 0 Å². The molecule has 0 bridgehead atoms. The maximum absolute atomic E-state index is 12.5. The number of hydrogen-bond acceptors (Lipinski definition) is 4. The highest BCUT2D eigenvalue weighted by Crippen LogP contribution is 2.14. The lowest BCUT2D eigenvalue weighted by molar-refractivity contribution is -0.137. The lowest BCUT2D eigenvalue weighted by Crippen LogP contribution is -2.35. The van der Waals surface area contributed by atoms with E-state index in [4.69, 9.17) is 9.84 Å². The molecule has 0 radical (unpaired) electrons. The first-order valence-corrected chi connectivity index (χ1v) is 8.71. The molecule has 0 aliphatic rings. The topological polar surface area (TPSA) is 105 Å². The van der Waals surface area contributed by atoms with Crippen LogP contribution < -0.4 is 15.4 Å². The Hall–Kier alpha value is -3.61. The molecule has 0 aromatic heterocycles. The third kappa shape index (κ3) is 6.60. The third-order valence-electron chi connectivity index (χ3n) is 3.81. The quantitative estimate of drug-likeness (QED) is 0.456. The van der Waals surface area contributed by atoms with Crippen LogP contribution in [0.3, 0.4) is 0 Å². The van der Waals surface area contributed by atoms with Crippen molar-refractivity contribution in [2.24, 2.45) is 0 Å². The summed E-state index contributed by atoms with van der Waals surface area (Å²) in [7, 11) is 1.56. The first-order chi connectivity index (χ1) is 13.5. The van der Waals surface area contributed by atoms with E-state index in [0.29, 0.717) is 23.3 Å². The summed E-state index contributed by atoms with van der Waals surface area (Å²) in [4.78, 5) is 35.5. The predicted molar refractivity (Wildman–Crippen MR) is 105 cm³/mol. The van der Waals surface area contributed by atoms with Crippen molar-refractivity contribution in [3.63, 3.8) is 0 Å². The number of benzene rings is 2. The normalized spacial score (nSPS) is 10.8. The Morgan fingerprint density at radius 1 is 1.04 bits per heavy atom. The Morgan fingerprint density at radius 2 is 1.71 bits per heavy atom. The molecule has 0 aliphatic heterocycles. The minimum atomic E-state index is -0.930. The summed E-state index contributed by atoms with van der Waals surface area (Å²) < 4.78 is 5.11. The first kappa shape index (κ1) is 20.7. The van der Waals surface area contributed by atoms with Crippen molar-refractivity contribution < 1.29 is 24.2 Å². The second-order valence-electron chi connectivity index (χ2n) is 5.90. The highest BCUT2D eigenvalue weighted by molar-refractivity contribution is 6.05. The fraction of sp³-hybridized carbons (Fsp3) is 0.190. The molecule has 146 valence electrons. The number of amides is 2. The standard InChI is InChI=1S/C21H22N2O5/c1-28-17-11-9-15(10-12-17)14-18(21(27)22-13-5-8-19(24)25)23-20(26)16-6-3-2-4-7-16/h2-4,6-7,9-12,14H,5,8,13H2,1H3,(H,22,27)(H,23,26)(H,24,25)/b18-14-. The van der Waals surface area contributed by atoms with Crippen molar-refractivity contribution in [1.82, 2.24) is 10.6 Å². The monoisotopic (exact) mass is 382 g/mol. The van der Waals surface area contributed by atoms with Crippen LogP contribution in [0.2, 0.25) is 0 Å². The molecule has 2 aromatic carbocycles. The smallest absolute Gasteiger partial charge is 0.303 e. The Labute approximate surface area is 163 Å². The molecule has 2 aromatic rings. The highest BCUT2D eigenvalue weighted by Gasteiger charge is 2.14. The van der Waals surface area contributed by atoms with Crippen LogP contribution in [0.15, 0.2) is 60.3 Å². The van der Waals surface area contributed by atoms with E-state index in [9.17, 15) is 14.4 Å². The van der Waals surface area contributed by atoms with Crippen LogP contribution in [0, 0.1) is 0 Å². The maximum atomic E-state index is 12.5. The van der Waals surface area contributed by atoms with Gasteiger partial charge >= 0.3 is 5.97 Å². The van der Waals surface area contributed by atoms with Gasteiger partial charge in [-0.1, -0.05) is 30.3 Å². The summed E-state index contributed by atoms with van der Waals surface area (Å²) >= 11 is 0. The number of methoxy groups -OCH3 is 1. The lowest BCUT2D eigenvalue weighted by Gasteiger charge is -2.11. The van der Waals surface area contributed by atoms with Crippen molar-refractivity contribution >= 4 is 23.9 Å². The van der Waals surface area contributed by atoms with Crippen molar-refractivity contribution in [3.05, 3.63) is 71.4 Å². The number of carboxylic acid groups (broad SMARTS) is 1. The Balaban J connectivity index is 2.16. The maximum Gasteiger partial charge on any atom is 0.303 e. The summed E-state index contributed by atoms with van der Waals surface area (Å²) in [6.45, 7) is 0.187. The molecule has 2 amide bonds. The van der Waals surface area contributed by atoms with Gasteiger partial charge < -0.3 is 20.5 Å². The minimum Gasteiger partial charge on any atom is -0.497 e. The molecule has 7 nitrogen and oxygen atoms in total. The molecule has 3 N–H and O–H groups in total. The largest absolute Gasteiger partial charge is 0.497 e. The van der Waals surface area contributed by atoms with Gasteiger partial charge in [-0.15, -0.1) is 0 Å².